The average molecular weight is 272 g/mol. The van der Waals surface area contributed by atoms with Crippen LogP contribution in [0.3, 0.4) is 0 Å². The number of pyridine rings is 1. The van der Waals surface area contributed by atoms with Crippen LogP contribution < -0.4 is 4.72 Å². The van der Waals surface area contributed by atoms with Gasteiger partial charge in [-0.05, 0) is 24.0 Å². The van der Waals surface area contributed by atoms with Gasteiger partial charge in [0.25, 0.3) is 0 Å². The van der Waals surface area contributed by atoms with Crippen LogP contribution in [-0.4, -0.2) is 31.7 Å². The van der Waals surface area contributed by atoms with Crippen molar-refractivity contribution in [1.82, 2.24) is 9.71 Å². The fourth-order valence-corrected chi connectivity index (χ4v) is 2.67. The molecule has 1 heterocycles. The van der Waals surface area contributed by atoms with Crippen molar-refractivity contribution >= 4 is 10.0 Å². The van der Waals surface area contributed by atoms with Crippen LogP contribution in [0.25, 0.3) is 0 Å². The van der Waals surface area contributed by atoms with Crippen molar-refractivity contribution in [1.29, 1.82) is 0 Å². The van der Waals surface area contributed by atoms with E-state index in [0.29, 0.717) is 0 Å². The van der Waals surface area contributed by atoms with Gasteiger partial charge < -0.3 is 5.11 Å². The molecule has 0 unspecified atom stereocenters. The van der Waals surface area contributed by atoms with Crippen LogP contribution in [0.15, 0.2) is 17.2 Å². The number of hydrogen-bond acceptors (Lipinski definition) is 4. The third-order valence-electron chi connectivity index (χ3n) is 2.58. The zero-order valence-corrected chi connectivity index (χ0v) is 12.0. The Morgan fingerprint density at radius 3 is 2.50 bits per heavy atom. The Morgan fingerprint density at radius 2 is 2.00 bits per heavy atom. The molecule has 0 aliphatic carbocycles. The maximum atomic E-state index is 11.9. The van der Waals surface area contributed by atoms with Crippen molar-refractivity contribution in [3.8, 4) is 0 Å². The van der Waals surface area contributed by atoms with Crippen LogP contribution in [0.4, 0.5) is 0 Å². The van der Waals surface area contributed by atoms with E-state index in [4.69, 9.17) is 5.11 Å². The van der Waals surface area contributed by atoms with Crippen LogP contribution in [0.2, 0.25) is 0 Å². The second-order valence-corrected chi connectivity index (χ2v) is 6.94. The molecule has 6 heteroatoms. The topological polar surface area (TPSA) is 79.3 Å². The molecule has 18 heavy (non-hydrogen) atoms. The first-order valence-corrected chi connectivity index (χ1v) is 7.24. The molecule has 1 rings (SSSR count). The fraction of sp³-hybridized carbons (Fsp3) is 0.583. The summed E-state index contributed by atoms with van der Waals surface area (Å²) in [6, 6.07) is 1.64. The van der Waals surface area contributed by atoms with Gasteiger partial charge in [-0.3, -0.25) is 4.98 Å². The van der Waals surface area contributed by atoms with Crippen molar-refractivity contribution in [3.63, 3.8) is 0 Å². The van der Waals surface area contributed by atoms with Gasteiger partial charge in [0.2, 0.25) is 10.0 Å². The standard InChI is InChI=1S/C12H20N2O3S/c1-9-11(12(2,3)4)7-10(8-13-9)18(16,17)14-5-6-15/h7-8,14-15H,5-6H2,1-4H3. The van der Waals surface area contributed by atoms with Crippen LogP contribution >= 0.6 is 0 Å². The molecule has 0 atom stereocenters. The predicted molar refractivity (Wildman–Crippen MR) is 69.9 cm³/mol. The van der Waals surface area contributed by atoms with Crippen LogP contribution in [0, 0.1) is 6.92 Å². The van der Waals surface area contributed by atoms with Gasteiger partial charge in [0.1, 0.15) is 4.90 Å². The summed E-state index contributed by atoms with van der Waals surface area (Å²) in [5.41, 5.74) is 1.55. The Kier molecular flexibility index (Phi) is 4.47. The van der Waals surface area contributed by atoms with Crippen LogP contribution in [-0.2, 0) is 15.4 Å². The van der Waals surface area contributed by atoms with Gasteiger partial charge in [0.15, 0.2) is 0 Å². The number of aliphatic hydroxyl groups excluding tert-OH is 1. The summed E-state index contributed by atoms with van der Waals surface area (Å²) in [6.45, 7) is 7.65. The average Bonchev–Trinajstić information content (AvgIpc) is 2.25. The Hall–Kier alpha value is -0.980. The van der Waals surface area contributed by atoms with E-state index in [2.05, 4.69) is 9.71 Å². The van der Waals surface area contributed by atoms with Crippen molar-refractivity contribution in [2.24, 2.45) is 0 Å². The summed E-state index contributed by atoms with van der Waals surface area (Å²) >= 11 is 0. The zero-order valence-electron chi connectivity index (χ0n) is 11.2. The van der Waals surface area contributed by atoms with E-state index >= 15 is 0 Å². The lowest BCUT2D eigenvalue weighted by Crippen LogP contribution is -2.27. The lowest BCUT2D eigenvalue weighted by atomic mass is 9.86. The summed E-state index contributed by atoms with van der Waals surface area (Å²) in [4.78, 5) is 4.27. The van der Waals surface area contributed by atoms with Gasteiger partial charge >= 0.3 is 0 Å². The monoisotopic (exact) mass is 272 g/mol. The Labute approximate surface area is 108 Å². The van der Waals surface area contributed by atoms with Gasteiger partial charge in [-0.1, -0.05) is 20.8 Å². The van der Waals surface area contributed by atoms with Gasteiger partial charge in [-0.2, -0.15) is 0 Å². The number of aromatic nitrogens is 1. The molecule has 0 spiro atoms. The number of aryl methyl sites for hydroxylation is 1. The smallest absolute Gasteiger partial charge is 0.242 e. The first-order chi connectivity index (χ1) is 8.18. The third-order valence-corrected chi connectivity index (χ3v) is 4.01. The maximum Gasteiger partial charge on any atom is 0.242 e. The van der Waals surface area contributed by atoms with E-state index in [1.165, 1.54) is 6.20 Å². The van der Waals surface area contributed by atoms with Crippen molar-refractivity contribution in [2.45, 2.75) is 38.0 Å². The maximum absolute atomic E-state index is 11.9. The molecule has 0 aliphatic heterocycles. The molecule has 102 valence electrons. The first-order valence-electron chi connectivity index (χ1n) is 5.76. The number of hydrogen-bond donors (Lipinski definition) is 2. The molecular weight excluding hydrogens is 252 g/mol. The lowest BCUT2D eigenvalue weighted by molar-refractivity contribution is 0.301. The molecular formula is C12H20N2O3S. The summed E-state index contributed by atoms with van der Waals surface area (Å²) in [6.07, 6.45) is 1.34. The second-order valence-electron chi connectivity index (χ2n) is 5.18. The SMILES string of the molecule is Cc1ncc(S(=O)(=O)NCCO)cc1C(C)(C)C. The lowest BCUT2D eigenvalue weighted by Gasteiger charge is -2.21. The highest BCUT2D eigenvalue weighted by atomic mass is 32.2. The van der Waals surface area contributed by atoms with Gasteiger partial charge in [0.05, 0.1) is 6.61 Å². The van der Waals surface area contributed by atoms with E-state index in [0.717, 1.165) is 11.3 Å². The number of aliphatic hydroxyl groups is 1. The van der Waals surface area contributed by atoms with Crippen molar-refractivity contribution < 1.29 is 13.5 Å². The largest absolute Gasteiger partial charge is 0.395 e. The molecule has 0 aromatic carbocycles. The van der Waals surface area contributed by atoms with Gasteiger partial charge in [-0.15, -0.1) is 0 Å². The highest BCUT2D eigenvalue weighted by Gasteiger charge is 2.21. The Morgan fingerprint density at radius 1 is 1.39 bits per heavy atom. The highest BCUT2D eigenvalue weighted by Crippen LogP contribution is 2.26. The fourth-order valence-electron chi connectivity index (χ4n) is 1.68. The minimum atomic E-state index is -3.59. The molecule has 5 nitrogen and oxygen atoms in total. The minimum absolute atomic E-state index is 0.00105. The highest BCUT2D eigenvalue weighted by molar-refractivity contribution is 7.89. The van der Waals surface area contributed by atoms with E-state index in [-0.39, 0.29) is 23.5 Å². The molecule has 1 aromatic rings. The number of nitrogens with zero attached hydrogens (tertiary/aromatic N) is 1. The number of rotatable bonds is 4. The summed E-state index contributed by atoms with van der Waals surface area (Å²) in [5.74, 6) is 0. The minimum Gasteiger partial charge on any atom is -0.395 e. The molecule has 0 radical (unpaired) electrons. The molecule has 0 amide bonds. The van der Waals surface area contributed by atoms with Gasteiger partial charge in [-0.25, -0.2) is 13.1 Å². The first kappa shape index (κ1) is 15.1. The van der Waals surface area contributed by atoms with Crippen molar-refractivity contribution in [3.05, 3.63) is 23.5 Å². The normalized spacial score (nSPS) is 12.7. The third kappa shape index (κ3) is 3.51. The van der Waals surface area contributed by atoms with Crippen molar-refractivity contribution in [2.75, 3.05) is 13.2 Å². The summed E-state index contributed by atoms with van der Waals surface area (Å²) < 4.78 is 26.1. The van der Waals surface area contributed by atoms with Crippen LogP contribution in [0.1, 0.15) is 32.0 Å². The number of sulfonamides is 1. The predicted octanol–water partition coefficient (Wildman–Crippen LogP) is 0.958. The Bertz CT molecular complexity index is 519. The number of nitrogens with one attached hydrogen (secondary N) is 1. The zero-order chi connectivity index (χ0) is 14.0. The molecule has 1 aromatic heterocycles. The van der Waals surface area contributed by atoms with E-state index in [1.807, 2.05) is 27.7 Å². The molecule has 0 saturated carbocycles. The van der Waals surface area contributed by atoms with Crippen LogP contribution in [0.5, 0.6) is 0 Å². The van der Waals surface area contributed by atoms with Gasteiger partial charge in [0, 0.05) is 18.4 Å². The summed E-state index contributed by atoms with van der Waals surface area (Å²) in [7, 11) is -3.59. The molecule has 0 saturated heterocycles. The molecule has 0 aliphatic rings. The summed E-state index contributed by atoms with van der Waals surface area (Å²) in [5, 5.41) is 8.66. The second kappa shape index (κ2) is 5.34. The Balaban J connectivity index is 3.21. The molecule has 0 fully saturated rings. The quantitative estimate of drug-likeness (QED) is 0.855. The molecule has 0 bridgehead atoms. The van der Waals surface area contributed by atoms with E-state index in [1.54, 1.807) is 6.07 Å². The molecule has 2 N–H and O–H groups in total. The van der Waals surface area contributed by atoms with E-state index in [9.17, 15) is 8.42 Å². The van der Waals surface area contributed by atoms with E-state index < -0.39 is 10.0 Å².